The van der Waals surface area contributed by atoms with Crippen molar-refractivity contribution in [2.45, 2.75) is 32.9 Å². The van der Waals surface area contributed by atoms with Crippen molar-refractivity contribution in [3.8, 4) is 0 Å². The lowest BCUT2D eigenvalue weighted by atomic mass is 10.1. The Hall–Kier alpha value is -1.19. The standard InChI is InChI=1S/C15H25N3/c1-4-6-7-11-18(3)13-15-14(12-16-5-2)9-8-10-17-15/h4,8-10,16H,1,5-7,11-13H2,2-3H3. The Balaban J connectivity index is 2.51. The fourth-order valence-electron chi connectivity index (χ4n) is 1.87. The third-order valence-electron chi connectivity index (χ3n) is 2.92. The van der Waals surface area contributed by atoms with E-state index in [9.17, 15) is 0 Å². The third-order valence-corrected chi connectivity index (χ3v) is 2.92. The normalized spacial score (nSPS) is 10.8. The van der Waals surface area contributed by atoms with Crippen molar-refractivity contribution in [2.24, 2.45) is 0 Å². The molecule has 0 fully saturated rings. The summed E-state index contributed by atoms with van der Waals surface area (Å²) < 4.78 is 0. The van der Waals surface area contributed by atoms with E-state index in [-0.39, 0.29) is 0 Å². The van der Waals surface area contributed by atoms with Crippen LogP contribution in [0.15, 0.2) is 31.0 Å². The molecule has 0 unspecified atom stereocenters. The maximum atomic E-state index is 4.50. The Morgan fingerprint density at radius 2 is 2.33 bits per heavy atom. The molecule has 0 aromatic carbocycles. The number of aromatic nitrogens is 1. The van der Waals surface area contributed by atoms with Crippen LogP contribution in [0.3, 0.4) is 0 Å². The van der Waals surface area contributed by atoms with E-state index in [1.165, 1.54) is 11.3 Å². The molecule has 0 saturated carbocycles. The molecular formula is C15H25N3. The van der Waals surface area contributed by atoms with E-state index >= 15 is 0 Å². The van der Waals surface area contributed by atoms with Crippen LogP contribution in [0.5, 0.6) is 0 Å². The first-order chi connectivity index (χ1) is 8.77. The minimum Gasteiger partial charge on any atom is -0.313 e. The molecule has 0 aliphatic carbocycles. The largest absolute Gasteiger partial charge is 0.313 e. The second-order valence-electron chi connectivity index (χ2n) is 4.56. The average Bonchev–Trinajstić information content (AvgIpc) is 2.38. The fourth-order valence-corrected chi connectivity index (χ4v) is 1.87. The van der Waals surface area contributed by atoms with Crippen LogP contribution < -0.4 is 5.32 Å². The lowest BCUT2D eigenvalue weighted by Crippen LogP contribution is -2.22. The lowest BCUT2D eigenvalue weighted by molar-refractivity contribution is 0.318. The Kier molecular flexibility index (Phi) is 7.30. The molecule has 1 aromatic rings. The smallest absolute Gasteiger partial charge is 0.0588 e. The van der Waals surface area contributed by atoms with E-state index < -0.39 is 0 Å². The van der Waals surface area contributed by atoms with Crippen LogP contribution in [-0.4, -0.2) is 30.0 Å². The zero-order valence-electron chi connectivity index (χ0n) is 11.7. The molecule has 0 spiro atoms. The van der Waals surface area contributed by atoms with Crippen molar-refractivity contribution in [3.05, 3.63) is 42.2 Å². The second-order valence-corrected chi connectivity index (χ2v) is 4.56. The SMILES string of the molecule is C=CCCCN(C)Cc1ncccc1CNCC. The van der Waals surface area contributed by atoms with Gasteiger partial charge in [0.1, 0.15) is 0 Å². The van der Waals surface area contributed by atoms with Gasteiger partial charge in [-0.05, 0) is 44.6 Å². The summed E-state index contributed by atoms with van der Waals surface area (Å²) in [6, 6.07) is 4.16. The first kappa shape index (κ1) is 14.9. The van der Waals surface area contributed by atoms with Crippen LogP contribution in [0.2, 0.25) is 0 Å². The number of nitrogens with zero attached hydrogens (tertiary/aromatic N) is 2. The molecule has 1 N–H and O–H groups in total. The highest BCUT2D eigenvalue weighted by Gasteiger charge is 2.06. The molecule has 3 nitrogen and oxygen atoms in total. The molecule has 0 saturated heterocycles. The highest BCUT2D eigenvalue weighted by molar-refractivity contribution is 5.19. The predicted molar refractivity (Wildman–Crippen MR) is 77.4 cm³/mol. The molecule has 3 heteroatoms. The van der Waals surface area contributed by atoms with Crippen molar-refractivity contribution >= 4 is 0 Å². The molecule has 0 aliphatic heterocycles. The molecule has 0 bridgehead atoms. The minimum absolute atomic E-state index is 0.903. The second kappa shape index (κ2) is 8.84. The summed E-state index contributed by atoms with van der Waals surface area (Å²) in [6.45, 7) is 9.77. The average molecular weight is 247 g/mol. The van der Waals surface area contributed by atoms with Crippen LogP contribution in [0.1, 0.15) is 31.0 Å². The van der Waals surface area contributed by atoms with Gasteiger partial charge in [0.2, 0.25) is 0 Å². The number of pyridine rings is 1. The number of rotatable bonds is 9. The van der Waals surface area contributed by atoms with Gasteiger partial charge in [-0.15, -0.1) is 6.58 Å². The Morgan fingerprint density at radius 3 is 3.06 bits per heavy atom. The minimum atomic E-state index is 0.903. The summed E-state index contributed by atoms with van der Waals surface area (Å²) in [5.74, 6) is 0. The summed E-state index contributed by atoms with van der Waals surface area (Å²) in [5.41, 5.74) is 2.48. The monoisotopic (exact) mass is 247 g/mol. The van der Waals surface area contributed by atoms with Gasteiger partial charge in [0, 0.05) is 19.3 Å². The van der Waals surface area contributed by atoms with E-state index in [0.717, 1.165) is 39.0 Å². The fraction of sp³-hybridized carbons (Fsp3) is 0.533. The molecule has 0 aliphatic rings. The number of allylic oxidation sites excluding steroid dienone is 1. The maximum absolute atomic E-state index is 4.50. The van der Waals surface area contributed by atoms with Gasteiger partial charge >= 0.3 is 0 Å². The molecule has 100 valence electrons. The highest BCUT2D eigenvalue weighted by atomic mass is 15.1. The van der Waals surface area contributed by atoms with Crippen LogP contribution in [-0.2, 0) is 13.1 Å². The highest BCUT2D eigenvalue weighted by Crippen LogP contribution is 2.08. The zero-order chi connectivity index (χ0) is 13.2. The van der Waals surface area contributed by atoms with Crippen molar-refractivity contribution in [2.75, 3.05) is 20.1 Å². The Morgan fingerprint density at radius 1 is 1.50 bits per heavy atom. The molecule has 0 amide bonds. The first-order valence-corrected chi connectivity index (χ1v) is 6.70. The van der Waals surface area contributed by atoms with Crippen molar-refractivity contribution in [1.29, 1.82) is 0 Å². The summed E-state index contributed by atoms with van der Waals surface area (Å²) in [4.78, 5) is 6.82. The van der Waals surface area contributed by atoms with Crippen LogP contribution in [0.4, 0.5) is 0 Å². The quantitative estimate of drug-likeness (QED) is 0.537. The van der Waals surface area contributed by atoms with Gasteiger partial charge in [0.05, 0.1) is 5.69 Å². The molecule has 1 rings (SSSR count). The van der Waals surface area contributed by atoms with Gasteiger partial charge in [0.15, 0.2) is 0 Å². The van der Waals surface area contributed by atoms with Gasteiger partial charge < -0.3 is 10.2 Å². The summed E-state index contributed by atoms with van der Waals surface area (Å²) in [7, 11) is 2.15. The molecule has 0 atom stereocenters. The molecule has 0 radical (unpaired) electrons. The van der Waals surface area contributed by atoms with Crippen molar-refractivity contribution in [3.63, 3.8) is 0 Å². The topological polar surface area (TPSA) is 28.2 Å². The van der Waals surface area contributed by atoms with Crippen LogP contribution in [0, 0.1) is 0 Å². The van der Waals surface area contributed by atoms with Crippen molar-refractivity contribution in [1.82, 2.24) is 15.2 Å². The molecule has 1 aromatic heterocycles. The van der Waals surface area contributed by atoms with E-state index in [1.54, 1.807) is 0 Å². The van der Waals surface area contributed by atoms with Gasteiger partial charge in [-0.2, -0.15) is 0 Å². The number of nitrogens with one attached hydrogen (secondary N) is 1. The third kappa shape index (κ3) is 5.43. The summed E-state index contributed by atoms with van der Waals surface area (Å²) >= 11 is 0. The zero-order valence-corrected chi connectivity index (χ0v) is 11.7. The van der Waals surface area contributed by atoms with Gasteiger partial charge in [-0.25, -0.2) is 0 Å². The van der Waals surface area contributed by atoms with E-state index in [4.69, 9.17) is 0 Å². The van der Waals surface area contributed by atoms with E-state index in [1.807, 2.05) is 18.3 Å². The van der Waals surface area contributed by atoms with Crippen LogP contribution in [0.25, 0.3) is 0 Å². The Bertz CT molecular complexity index is 349. The first-order valence-electron chi connectivity index (χ1n) is 6.70. The van der Waals surface area contributed by atoms with Crippen LogP contribution >= 0.6 is 0 Å². The molecular weight excluding hydrogens is 222 g/mol. The maximum Gasteiger partial charge on any atom is 0.0588 e. The van der Waals surface area contributed by atoms with Gasteiger partial charge in [-0.1, -0.05) is 19.1 Å². The predicted octanol–water partition coefficient (Wildman–Crippen LogP) is 2.59. The van der Waals surface area contributed by atoms with Crippen molar-refractivity contribution < 1.29 is 0 Å². The van der Waals surface area contributed by atoms with E-state index in [2.05, 4.69) is 41.8 Å². The van der Waals surface area contributed by atoms with E-state index in [0.29, 0.717) is 0 Å². The van der Waals surface area contributed by atoms with Gasteiger partial charge in [-0.3, -0.25) is 4.98 Å². The number of unbranched alkanes of at least 4 members (excludes halogenated alkanes) is 1. The summed E-state index contributed by atoms with van der Waals surface area (Å²) in [5, 5.41) is 3.36. The lowest BCUT2D eigenvalue weighted by Gasteiger charge is -2.17. The number of hydrogen-bond donors (Lipinski definition) is 1. The van der Waals surface area contributed by atoms with Gasteiger partial charge in [0.25, 0.3) is 0 Å². The molecule has 18 heavy (non-hydrogen) atoms. The Labute approximate surface area is 111 Å². The summed E-state index contributed by atoms with van der Waals surface area (Å²) in [6.07, 6.45) is 6.10. The molecule has 1 heterocycles. The number of hydrogen-bond acceptors (Lipinski definition) is 3.